The van der Waals surface area contributed by atoms with Gasteiger partial charge in [0, 0.05) is 6.54 Å². The number of hydrogen-bond acceptors (Lipinski definition) is 2. The molecule has 2 aliphatic carbocycles. The Hall–Kier alpha value is -1.06. The van der Waals surface area contributed by atoms with Crippen molar-refractivity contribution in [1.82, 2.24) is 10.2 Å². The van der Waals surface area contributed by atoms with Crippen LogP contribution in [0.15, 0.2) is 0 Å². The van der Waals surface area contributed by atoms with Crippen LogP contribution in [0.4, 0.5) is 0 Å². The van der Waals surface area contributed by atoms with Crippen molar-refractivity contribution in [2.75, 3.05) is 13.1 Å². The van der Waals surface area contributed by atoms with E-state index >= 15 is 0 Å². The molecule has 3 fully saturated rings. The van der Waals surface area contributed by atoms with Crippen LogP contribution in [0.5, 0.6) is 0 Å². The van der Waals surface area contributed by atoms with Gasteiger partial charge in [-0.15, -0.1) is 0 Å². The highest BCUT2D eigenvalue weighted by molar-refractivity contribution is 5.98. The van der Waals surface area contributed by atoms with E-state index < -0.39 is 5.54 Å². The van der Waals surface area contributed by atoms with Gasteiger partial charge in [0.1, 0.15) is 5.54 Å². The summed E-state index contributed by atoms with van der Waals surface area (Å²) < 4.78 is 0. The summed E-state index contributed by atoms with van der Waals surface area (Å²) in [6.07, 6.45) is 6.90. The molecule has 106 valence electrons. The van der Waals surface area contributed by atoms with E-state index in [1.54, 1.807) is 0 Å². The Morgan fingerprint density at radius 2 is 2.00 bits per heavy atom. The quantitative estimate of drug-likeness (QED) is 0.821. The molecule has 0 aromatic rings. The van der Waals surface area contributed by atoms with Crippen LogP contribution < -0.4 is 5.32 Å². The number of rotatable bonds is 5. The van der Waals surface area contributed by atoms with Gasteiger partial charge in [0.15, 0.2) is 0 Å². The molecule has 3 rings (SSSR count). The van der Waals surface area contributed by atoms with Gasteiger partial charge in [-0.05, 0) is 50.4 Å². The Bertz CT molecular complexity index is 412. The molecule has 1 unspecified atom stereocenters. The van der Waals surface area contributed by atoms with Gasteiger partial charge in [-0.1, -0.05) is 13.3 Å². The molecule has 1 heterocycles. The van der Waals surface area contributed by atoms with Crippen molar-refractivity contribution >= 4 is 11.8 Å². The molecule has 1 aliphatic heterocycles. The van der Waals surface area contributed by atoms with Gasteiger partial charge < -0.3 is 10.2 Å². The first-order valence-electron chi connectivity index (χ1n) is 7.59. The summed E-state index contributed by atoms with van der Waals surface area (Å²) in [5, 5.41) is 2.94. The summed E-state index contributed by atoms with van der Waals surface area (Å²) in [5.74, 6) is 0.520. The van der Waals surface area contributed by atoms with Gasteiger partial charge in [0.05, 0.1) is 6.54 Å². The normalized spacial score (nSPS) is 33.3. The van der Waals surface area contributed by atoms with Crippen LogP contribution in [0, 0.1) is 11.3 Å². The molecular formula is C15H24N2O2. The van der Waals surface area contributed by atoms with E-state index in [1.165, 1.54) is 19.3 Å². The average Bonchev–Trinajstić information content (AvgIpc) is 3.20. The highest BCUT2D eigenvalue weighted by atomic mass is 16.2. The lowest BCUT2D eigenvalue weighted by Gasteiger charge is -2.41. The van der Waals surface area contributed by atoms with Crippen molar-refractivity contribution in [1.29, 1.82) is 0 Å². The van der Waals surface area contributed by atoms with Crippen molar-refractivity contribution < 1.29 is 9.59 Å². The fourth-order valence-electron chi connectivity index (χ4n) is 3.62. The molecule has 0 radical (unpaired) electrons. The molecule has 1 atom stereocenters. The van der Waals surface area contributed by atoms with E-state index in [9.17, 15) is 9.59 Å². The van der Waals surface area contributed by atoms with Gasteiger partial charge in [-0.2, -0.15) is 0 Å². The molecule has 0 aromatic heterocycles. The van der Waals surface area contributed by atoms with Crippen LogP contribution in [-0.4, -0.2) is 35.3 Å². The molecule has 0 aromatic carbocycles. The minimum atomic E-state index is -0.627. The summed E-state index contributed by atoms with van der Waals surface area (Å²) in [5.41, 5.74) is -0.301. The fraction of sp³-hybridized carbons (Fsp3) is 0.867. The Labute approximate surface area is 114 Å². The number of nitrogens with one attached hydrogen (secondary N) is 1. The van der Waals surface area contributed by atoms with Crippen molar-refractivity contribution in [3.8, 4) is 0 Å². The molecule has 1 saturated heterocycles. The summed E-state index contributed by atoms with van der Waals surface area (Å²) in [6, 6.07) is 0. The Balaban J connectivity index is 1.73. The second kappa shape index (κ2) is 4.22. The fourth-order valence-corrected chi connectivity index (χ4v) is 3.62. The summed E-state index contributed by atoms with van der Waals surface area (Å²) in [7, 11) is 0. The zero-order valence-corrected chi connectivity index (χ0v) is 12.0. The van der Waals surface area contributed by atoms with Gasteiger partial charge in [-0.3, -0.25) is 9.59 Å². The van der Waals surface area contributed by atoms with E-state index in [0.29, 0.717) is 11.3 Å². The molecule has 4 nitrogen and oxygen atoms in total. The predicted molar refractivity (Wildman–Crippen MR) is 72.4 cm³/mol. The molecule has 3 aliphatic rings. The smallest absolute Gasteiger partial charge is 0.248 e. The minimum Gasteiger partial charge on any atom is -0.340 e. The second-order valence-corrected chi connectivity index (χ2v) is 6.94. The maximum absolute atomic E-state index is 12.7. The monoisotopic (exact) mass is 264 g/mol. The first-order chi connectivity index (χ1) is 8.99. The van der Waals surface area contributed by atoms with Crippen LogP contribution in [0.25, 0.3) is 0 Å². The number of piperazine rings is 1. The molecule has 4 heteroatoms. The van der Waals surface area contributed by atoms with Crippen LogP contribution in [-0.2, 0) is 9.59 Å². The first kappa shape index (κ1) is 12.9. The maximum atomic E-state index is 12.7. The topological polar surface area (TPSA) is 49.4 Å². The minimum absolute atomic E-state index is 0.0151. The Kier molecular flexibility index (Phi) is 2.88. The van der Waals surface area contributed by atoms with Crippen molar-refractivity contribution in [3.05, 3.63) is 0 Å². The zero-order chi connectivity index (χ0) is 13.7. The van der Waals surface area contributed by atoms with Crippen LogP contribution in [0.2, 0.25) is 0 Å². The van der Waals surface area contributed by atoms with Gasteiger partial charge >= 0.3 is 0 Å². The number of carbonyl (C=O) groups excluding carboxylic acids is 2. The first-order valence-corrected chi connectivity index (χ1v) is 7.59. The van der Waals surface area contributed by atoms with E-state index in [2.05, 4.69) is 12.2 Å². The number of carbonyl (C=O) groups is 2. The molecule has 2 saturated carbocycles. The molecule has 1 N–H and O–H groups in total. The zero-order valence-electron chi connectivity index (χ0n) is 12.0. The lowest BCUT2D eigenvalue weighted by atomic mass is 9.90. The van der Waals surface area contributed by atoms with E-state index in [1.807, 2.05) is 11.8 Å². The average molecular weight is 264 g/mol. The van der Waals surface area contributed by atoms with Gasteiger partial charge in [-0.25, -0.2) is 0 Å². The lowest BCUT2D eigenvalue weighted by Crippen LogP contribution is -2.67. The molecule has 0 spiro atoms. The summed E-state index contributed by atoms with van der Waals surface area (Å²) in [6.45, 7) is 5.15. The van der Waals surface area contributed by atoms with Gasteiger partial charge in [0.25, 0.3) is 0 Å². The third-order valence-electron chi connectivity index (χ3n) is 5.12. The number of amides is 2. The molecular weight excluding hydrogens is 240 g/mol. The van der Waals surface area contributed by atoms with E-state index in [0.717, 1.165) is 25.8 Å². The SMILES string of the molecule is CCCC1(CN2CC(=O)NC(C)(C3CC3)C2=O)CC1. The summed E-state index contributed by atoms with van der Waals surface area (Å²) >= 11 is 0. The third kappa shape index (κ3) is 2.26. The van der Waals surface area contributed by atoms with Crippen molar-refractivity contribution in [3.63, 3.8) is 0 Å². The second-order valence-electron chi connectivity index (χ2n) is 6.94. The number of hydrogen-bond donors (Lipinski definition) is 1. The summed E-state index contributed by atoms with van der Waals surface area (Å²) in [4.78, 5) is 26.5. The highest BCUT2D eigenvalue weighted by Crippen LogP contribution is 2.51. The molecule has 19 heavy (non-hydrogen) atoms. The molecule has 0 bridgehead atoms. The predicted octanol–water partition coefficient (Wildman–Crippen LogP) is 1.69. The third-order valence-corrected chi connectivity index (χ3v) is 5.12. The number of nitrogens with zero attached hydrogens (tertiary/aromatic N) is 1. The highest BCUT2D eigenvalue weighted by Gasteiger charge is 2.54. The van der Waals surface area contributed by atoms with Crippen molar-refractivity contribution in [2.45, 2.75) is 57.9 Å². The van der Waals surface area contributed by atoms with E-state index in [-0.39, 0.29) is 18.4 Å². The maximum Gasteiger partial charge on any atom is 0.248 e. The van der Waals surface area contributed by atoms with Crippen LogP contribution in [0.1, 0.15) is 52.4 Å². The Morgan fingerprint density at radius 1 is 1.32 bits per heavy atom. The lowest BCUT2D eigenvalue weighted by molar-refractivity contribution is -0.151. The van der Waals surface area contributed by atoms with Crippen LogP contribution in [0.3, 0.4) is 0 Å². The standard InChI is InChI=1S/C15H24N2O2/c1-3-6-15(7-8-15)10-17-9-12(18)16-14(2,13(17)19)11-4-5-11/h11H,3-10H2,1-2H3,(H,16,18). The molecule has 2 amide bonds. The Morgan fingerprint density at radius 3 is 2.53 bits per heavy atom. The van der Waals surface area contributed by atoms with Crippen molar-refractivity contribution in [2.24, 2.45) is 11.3 Å². The van der Waals surface area contributed by atoms with E-state index in [4.69, 9.17) is 0 Å². The van der Waals surface area contributed by atoms with Crippen LogP contribution >= 0.6 is 0 Å². The largest absolute Gasteiger partial charge is 0.340 e. The van der Waals surface area contributed by atoms with Gasteiger partial charge in [0.2, 0.25) is 11.8 Å².